The fourth-order valence-electron chi connectivity index (χ4n) is 0.918. The predicted octanol–water partition coefficient (Wildman–Crippen LogP) is 2.33. The number of hydrogen-bond donors (Lipinski definition) is 0. The molecule has 0 saturated carbocycles. The monoisotopic (exact) mass is 218 g/mol. The molecule has 1 aromatic carbocycles. The maximum Gasteiger partial charge on any atom is 0.452 e. The summed E-state index contributed by atoms with van der Waals surface area (Å²) in [7, 11) is 0. The van der Waals surface area contributed by atoms with Gasteiger partial charge in [-0.05, 0) is 5.56 Å². The van der Waals surface area contributed by atoms with Crippen molar-refractivity contribution in [3.8, 4) is 0 Å². The summed E-state index contributed by atoms with van der Waals surface area (Å²) in [5, 5.41) is 0. The first kappa shape index (κ1) is 11.7. The Morgan fingerprint density at radius 1 is 1.20 bits per heavy atom. The molecule has 82 valence electrons. The molecule has 0 fully saturated rings. The molecule has 0 aliphatic rings. The minimum atomic E-state index is -4.81. The van der Waals surface area contributed by atoms with Crippen molar-refractivity contribution in [2.75, 3.05) is 6.61 Å². The molecule has 0 N–H and O–H groups in total. The fourth-order valence-corrected chi connectivity index (χ4v) is 0.918. The first-order chi connectivity index (χ1) is 7.00. The number of ether oxygens (including phenoxy) is 1. The van der Waals surface area contributed by atoms with Crippen molar-refractivity contribution in [3.63, 3.8) is 0 Å². The van der Waals surface area contributed by atoms with Crippen molar-refractivity contribution in [1.82, 2.24) is 0 Å². The van der Waals surface area contributed by atoms with E-state index in [0.29, 0.717) is 0 Å². The predicted molar refractivity (Wildman–Crippen MR) is 47.2 cm³/mol. The Morgan fingerprint density at radius 3 is 2.33 bits per heavy atom. The number of Topliss-reactive ketones (excluding diaryl/α,β-unsaturated/α-hetero) is 1. The van der Waals surface area contributed by atoms with E-state index in [0.717, 1.165) is 5.56 Å². The average molecular weight is 218 g/mol. The van der Waals surface area contributed by atoms with E-state index in [-0.39, 0.29) is 6.61 Å². The Morgan fingerprint density at radius 2 is 1.80 bits per heavy atom. The first-order valence-electron chi connectivity index (χ1n) is 4.22. The second-order valence-electron chi connectivity index (χ2n) is 2.90. The lowest BCUT2D eigenvalue weighted by molar-refractivity contribution is -0.175. The van der Waals surface area contributed by atoms with Crippen LogP contribution in [-0.2, 0) is 16.1 Å². The van der Waals surface area contributed by atoms with Gasteiger partial charge in [-0.2, -0.15) is 13.2 Å². The summed E-state index contributed by atoms with van der Waals surface area (Å²) in [5.41, 5.74) is 0.729. The Labute approximate surface area is 84.7 Å². The van der Waals surface area contributed by atoms with Gasteiger partial charge < -0.3 is 4.74 Å². The molecule has 1 aromatic rings. The number of alkyl halides is 3. The van der Waals surface area contributed by atoms with Gasteiger partial charge in [0, 0.05) is 0 Å². The highest BCUT2D eigenvalue weighted by molar-refractivity contribution is 5.85. The second kappa shape index (κ2) is 4.93. The number of rotatable bonds is 4. The van der Waals surface area contributed by atoms with Crippen LogP contribution in [0.3, 0.4) is 0 Å². The summed E-state index contributed by atoms with van der Waals surface area (Å²) in [4.78, 5) is 10.4. The van der Waals surface area contributed by atoms with Crippen LogP contribution >= 0.6 is 0 Å². The zero-order chi connectivity index (χ0) is 11.3. The van der Waals surface area contributed by atoms with E-state index < -0.39 is 18.6 Å². The molecule has 0 spiro atoms. The molecular formula is C10H9F3O2. The third-order valence-corrected chi connectivity index (χ3v) is 1.66. The van der Waals surface area contributed by atoms with Crippen molar-refractivity contribution >= 4 is 5.78 Å². The largest absolute Gasteiger partial charge is 0.452 e. The van der Waals surface area contributed by atoms with Gasteiger partial charge in [-0.15, -0.1) is 0 Å². The number of ketones is 1. The SMILES string of the molecule is O=C(COCc1ccccc1)C(F)(F)F. The van der Waals surface area contributed by atoms with E-state index in [9.17, 15) is 18.0 Å². The quantitative estimate of drug-likeness (QED) is 0.775. The van der Waals surface area contributed by atoms with E-state index in [1.807, 2.05) is 0 Å². The highest BCUT2D eigenvalue weighted by Gasteiger charge is 2.37. The third-order valence-electron chi connectivity index (χ3n) is 1.66. The maximum absolute atomic E-state index is 11.7. The Kier molecular flexibility index (Phi) is 3.85. The molecule has 0 saturated heterocycles. The van der Waals surface area contributed by atoms with Crippen LogP contribution in [0.25, 0.3) is 0 Å². The lowest BCUT2D eigenvalue weighted by Crippen LogP contribution is -2.27. The molecule has 15 heavy (non-hydrogen) atoms. The van der Waals surface area contributed by atoms with Gasteiger partial charge in [0.15, 0.2) is 0 Å². The van der Waals surface area contributed by atoms with Crippen molar-refractivity contribution in [2.24, 2.45) is 0 Å². The number of hydrogen-bond acceptors (Lipinski definition) is 2. The lowest BCUT2D eigenvalue weighted by atomic mass is 10.2. The molecule has 0 radical (unpaired) electrons. The molecule has 0 atom stereocenters. The summed E-state index contributed by atoms with van der Waals surface area (Å²) in [6.45, 7) is -0.930. The van der Waals surface area contributed by atoms with Gasteiger partial charge in [0.05, 0.1) is 6.61 Å². The fraction of sp³-hybridized carbons (Fsp3) is 0.300. The molecule has 0 aliphatic heterocycles. The van der Waals surface area contributed by atoms with E-state index in [2.05, 4.69) is 4.74 Å². The van der Waals surface area contributed by atoms with Gasteiger partial charge >= 0.3 is 6.18 Å². The molecule has 2 nitrogen and oxygen atoms in total. The third kappa shape index (κ3) is 4.12. The highest BCUT2D eigenvalue weighted by atomic mass is 19.4. The molecule has 1 rings (SSSR count). The van der Waals surface area contributed by atoms with Crippen LogP contribution in [0.4, 0.5) is 13.2 Å². The Balaban J connectivity index is 2.32. The lowest BCUT2D eigenvalue weighted by Gasteiger charge is -2.06. The summed E-state index contributed by atoms with van der Waals surface area (Å²) in [6, 6.07) is 8.68. The molecular weight excluding hydrogens is 209 g/mol. The normalized spacial score (nSPS) is 11.4. The summed E-state index contributed by atoms with van der Waals surface area (Å²) < 4.78 is 39.9. The average Bonchev–Trinajstić information content (AvgIpc) is 2.18. The van der Waals surface area contributed by atoms with Crippen molar-refractivity contribution < 1.29 is 22.7 Å². The number of benzene rings is 1. The molecule has 0 heterocycles. The van der Waals surface area contributed by atoms with Crippen LogP contribution in [0.5, 0.6) is 0 Å². The first-order valence-corrected chi connectivity index (χ1v) is 4.22. The molecule has 0 aromatic heterocycles. The molecule has 0 amide bonds. The zero-order valence-corrected chi connectivity index (χ0v) is 7.75. The maximum atomic E-state index is 11.7. The number of carbonyl (C=O) groups excluding carboxylic acids is 1. The minimum Gasteiger partial charge on any atom is -0.369 e. The van der Waals surface area contributed by atoms with Crippen LogP contribution in [0.15, 0.2) is 30.3 Å². The van der Waals surface area contributed by atoms with Crippen LogP contribution < -0.4 is 0 Å². The van der Waals surface area contributed by atoms with Crippen LogP contribution in [0, 0.1) is 0 Å². The van der Waals surface area contributed by atoms with Gasteiger partial charge in [0.1, 0.15) is 6.61 Å². The smallest absolute Gasteiger partial charge is 0.369 e. The van der Waals surface area contributed by atoms with E-state index in [1.54, 1.807) is 30.3 Å². The van der Waals surface area contributed by atoms with Crippen molar-refractivity contribution in [1.29, 1.82) is 0 Å². The van der Waals surface area contributed by atoms with Gasteiger partial charge in [0.2, 0.25) is 0 Å². The van der Waals surface area contributed by atoms with Crippen LogP contribution in [-0.4, -0.2) is 18.6 Å². The Bertz CT molecular complexity index is 319. The molecule has 0 unspecified atom stereocenters. The standard InChI is InChI=1S/C10H9F3O2/c11-10(12,13)9(14)7-15-6-8-4-2-1-3-5-8/h1-5H,6-7H2. The van der Waals surface area contributed by atoms with Crippen molar-refractivity contribution in [3.05, 3.63) is 35.9 Å². The summed E-state index contributed by atoms with van der Waals surface area (Å²) in [5.74, 6) is -1.86. The zero-order valence-electron chi connectivity index (χ0n) is 7.75. The topological polar surface area (TPSA) is 26.3 Å². The van der Waals surface area contributed by atoms with E-state index in [4.69, 9.17) is 0 Å². The number of carbonyl (C=O) groups is 1. The van der Waals surface area contributed by atoms with Crippen LogP contribution in [0.1, 0.15) is 5.56 Å². The summed E-state index contributed by atoms with van der Waals surface area (Å²) in [6.07, 6.45) is -4.81. The van der Waals surface area contributed by atoms with Crippen molar-refractivity contribution in [2.45, 2.75) is 12.8 Å². The second-order valence-corrected chi connectivity index (χ2v) is 2.90. The van der Waals surface area contributed by atoms with Gasteiger partial charge in [0.25, 0.3) is 5.78 Å². The van der Waals surface area contributed by atoms with Gasteiger partial charge in [-0.3, -0.25) is 4.79 Å². The minimum absolute atomic E-state index is 0.00264. The number of halogens is 3. The summed E-state index contributed by atoms with van der Waals surface area (Å²) >= 11 is 0. The highest BCUT2D eigenvalue weighted by Crippen LogP contribution is 2.16. The molecule has 0 bridgehead atoms. The Hall–Kier alpha value is -1.36. The van der Waals surface area contributed by atoms with E-state index >= 15 is 0 Å². The van der Waals surface area contributed by atoms with Gasteiger partial charge in [-0.1, -0.05) is 30.3 Å². The molecule has 5 heteroatoms. The van der Waals surface area contributed by atoms with Gasteiger partial charge in [-0.25, -0.2) is 0 Å². The van der Waals surface area contributed by atoms with Crippen LogP contribution in [0.2, 0.25) is 0 Å². The molecule has 0 aliphatic carbocycles. The van der Waals surface area contributed by atoms with E-state index in [1.165, 1.54) is 0 Å².